The number of likely N-dealkylation sites (N-methyl/N-ethyl adjacent to an activating group) is 1. The van der Waals surface area contributed by atoms with Gasteiger partial charge in [-0.2, -0.15) is 0 Å². The number of esters is 1. The van der Waals surface area contributed by atoms with E-state index in [0.29, 0.717) is 46.9 Å². The van der Waals surface area contributed by atoms with E-state index >= 15 is 0 Å². The molecule has 0 amide bonds. The summed E-state index contributed by atoms with van der Waals surface area (Å²) >= 11 is 0. The van der Waals surface area contributed by atoms with Crippen LogP contribution < -0.4 is 15.4 Å². The van der Waals surface area contributed by atoms with Crippen LogP contribution in [-0.4, -0.2) is 64.9 Å². The topological polar surface area (TPSA) is 120 Å². The molecule has 3 aromatic rings. The van der Waals surface area contributed by atoms with Gasteiger partial charge in [0.1, 0.15) is 0 Å². The van der Waals surface area contributed by atoms with Crippen molar-refractivity contribution in [3.8, 4) is 0 Å². The lowest BCUT2D eigenvalue weighted by Crippen LogP contribution is -2.31. The van der Waals surface area contributed by atoms with Crippen molar-refractivity contribution >= 4 is 38.6 Å². The van der Waals surface area contributed by atoms with Crippen LogP contribution in [0.25, 0.3) is 11.3 Å². The highest BCUT2D eigenvalue weighted by molar-refractivity contribution is 7.89. The number of nitrogens with one attached hydrogen (secondary N) is 3. The summed E-state index contributed by atoms with van der Waals surface area (Å²) in [5, 5.41) is 17.5. The Hall–Kier alpha value is -3.70. The standard InChI is InChI=1S/C28H32N4O5S/c1-18-16-23-24(17-22(18)28(34)37-4)31-27(33)25(23)26(19-8-6-5-7-9-19)30-20-10-12-21(13-11-20)38(35,36)29-14-15-32(2)3/h5-13,16-17,27,29-31,33H,14-15H2,1-4H3/b26-25-. The number of hydrogen-bond acceptors (Lipinski definition) is 8. The molecule has 1 aliphatic rings. The van der Waals surface area contributed by atoms with Crippen LogP contribution in [0.4, 0.5) is 11.4 Å². The number of rotatable bonds is 9. The van der Waals surface area contributed by atoms with E-state index in [-0.39, 0.29) is 4.90 Å². The second-order valence-electron chi connectivity index (χ2n) is 9.26. The van der Waals surface area contributed by atoms with Gasteiger partial charge in [-0.25, -0.2) is 17.9 Å². The Morgan fingerprint density at radius 1 is 1.08 bits per heavy atom. The smallest absolute Gasteiger partial charge is 0.338 e. The molecule has 1 heterocycles. The number of anilines is 2. The summed E-state index contributed by atoms with van der Waals surface area (Å²) in [6.45, 7) is 2.71. The number of carbonyl (C=O) groups is 1. The quantitative estimate of drug-likeness (QED) is 0.308. The number of sulfonamides is 1. The van der Waals surface area contributed by atoms with Crippen molar-refractivity contribution in [1.29, 1.82) is 0 Å². The first kappa shape index (κ1) is 27.3. The average Bonchev–Trinajstić information content (AvgIpc) is 3.21. The van der Waals surface area contributed by atoms with Crippen LogP contribution in [0.1, 0.15) is 27.0 Å². The number of benzene rings is 3. The maximum absolute atomic E-state index is 12.7. The minimum absolute atomic E-state index is 0.162. The monoisotopic (exact) mass is 536 g/mol. The number of fused-ring (bicyclic) bond motifs is 1. The van der Waals surface area contributed by atoms with Gasteiger partial charge < -0.3 is 25.4 Å². The van der Waals surface area contributed by atoms with E-state index < -0.39 is 22.2 Å². The Balaban J connectivity index is 1.72. The molecule has 4 N–H and O–H groups in total. The first-order valence-electron chi connectivity index (χ1n) is 12.1. The molecule has 200 valence electrons. The lowest BCUT2D eigenvalue weighted by atomic mass is 9.96. The minimum atomic E-state index is -3.64. The van der Waals surface area contributed by atoms with Crippen molar-refractivity contribution in [1.82, 2.24) is 9.62 Å². The van der Waals surface area contributed by atoms with E-state index in [9.17, 15) is 18.3 Å². The molecule has 0 spiro atoms. The van der Waals surface area contributed by atoms with E-state index in [4.69, 9.17) is 4.74 Å². The Morgan fingerprint density at radius 3 is 2.39 bits per heavy atom. The van der Waals surface area contributed by atoms with Gasteiger partial charge in [-0.3, -0.25) is 0 Å². The molecule has 0 fully saturated rings. The summed E-state index contributed by atoms with van der Waals surface area (Å²) in [5.74, 6) is -0.452. The summed E-state index contributed by atoms with van der Waals surface area (Å²) in [6, 6.07) is 19.5. The zero-order valence-electron chi connectivity index (χ0n) is 21.8. The molecule has 0 radical (unpaired) electrons. The summed E-state index contributed by atoms with van der Waals surface area (Å²) < 4.78 is 32.8. The third kappa shape index (κ3) is 5.89. The largest absolute Gasteiger partial charge is 0.465 e. The van der Waals surface area contributed by atoms with Gasteiger partial charge in [-0.05, 0) is 68.5 Å². The maximum Gasteiger partial charge on any atom is 0.338 e. The normalized spacial score (nSPS) is 16.1. The average molecular weight is 537 g/mol. The fraction of sp³-hybridized carbons (Fsp3) is 0.250. The molecule has 0 saturated carbocycles. The molecule has 1 atom stereocenters. The van der Waals surface area contributed by atoms with Crippen molar-refractivity contribution in [3.63, 3.8) is 0 Å². The van der Waals surface area contributed by atoms with E-state index in [1.807, 2.05) is 62.3 Å². The number of aryl methyl sites for hydroxylation is 1. The number of nitrogens with zero attached hydrogens (tertiary/aromatic N) is 1. The van der Waals surface area contributed by atoms with Crippen LogP contribution in [0.2, 0.25) is 0 Å². The third-order valence-corrected chi connectivity index (χ3v) is 7.72. The second kappa shape index (κ2) is 11.4. The predicted octanol–water partition coefficient (Wildman–Crippen LogP) is 3.35. The van der Waals surface area contributed by atoms with Gasteiger partial charge in [0.2, 0.25) is 10.0 Å². The Morgan fingerprint density at radius 2 is 1.76 bits per heavy atom. The fourth-order valence-electron chi connectivity index (χ4n) is 4.27. The molecule has 0 saturated heterocycles. The molecule has 1 unspecified atom stereocenters. The van der Waals surface area contributed by atoms with Crippen molar-refractivity contribution in [2.75, 3.05) is 44.9 Å². The van der Waals surface area contributed by atoms with Crippen molar-refractivity contribution in [3.05, 3.63) is 89.0 Å². The number of aliphatic hydroxyl groups excluding tert-OH is 1. The number of aliphatic hydroxyl groups is 1. The van der Waals surface area contributed by atoms with Gasteiger partial charge in [0, 0.05) is 35.6 Å². The van der Waals surface area contributed by atoms with E-state index in [1.54, 1.807) is 18.2 Å². The number of carbonyl (C=O) groups excluding carboxylic acids is 1. The minimum Gasteiger partial charge on any atom is -0.465 e. The molecule has 4 rings (SSSR count). The Bertz CT molecular complexity index is 1450. The number of hydrogen-bond donors (Lipinski definition) is 4. The predicted molar refractivity (Wildman–Crippen MR) is 149 cm³/mol. The fourth-order valence-corrected chi connectivity index (χ4v) is 5.29. The summed E-state index contributed by atoms with van der Waals surface area (Å²) in [4.78, 5) is 14.3. The van der Waals surface area contributed by atoms with Crippen LogP contribution in [0, 0.1) is 6.92 Å². The Kier molecular flexibility index (Phi) is 8.17. The highest BCUT2D eigenvalue weighted by atomic mass is 32.2. The summed E-state index contributed by atoms with van der Waals surface area (Å²) in [7, 11) is 1.44. The summed E-state index contributed by atoms with van der Waals surface area (Å²) in [5.41, 5.74) is 5.21. The summed E-state index contributed by atoms with van der Waals surface area (Å²) in [6.07, 6.45) is -1.04. The molecule has 9 nitrogen and oxygen atoms in total. The lowest BCUT2D eigenvalue weighted by molar-refractivity contribution is 0.0600. The molecule has 1 aliphatic heterocycles. The van der Waals surface area contributed by atoms with Gasteiger partial charge in [-0.15, -0.1) is 0 Å². The van der Waals surface area contributed by atoms with Crippen LogP contribution in [0.5, 0.6) is 0 Å². The van der Waals surface area contributed by atoms with E-state index in [0.717, 1.165) is 11.1 Å². The van der Waals surface area contributed by atoms with Gasteiger partial charge in [0.05, 0.1) is 23.3 Å². The first-order chi connectivity index (χ1) is 18.1. The SMILES string of the molecule is COC(=O)c1cc2c(cc1C)/C(=C(/Nc1ccc(S(=O)(=O)NCCN(C)C)cc1)c1ccccc1)C(O)N2. The molecule has 0 aromatic heterocycles. The molecule has 3 aromatic carbocycles. The molecular weight excluding hydrogens is 504 g/mol. The number of methoxy groups -OCH3 is 1. The van der Waals surface area contributed by atoms with Crippen molar-refractivity contribution < 1.29 is 23.1 Å². The third-order valence-electron chi connectivity index (χ3n) is 6.24. The highest BCUT2D eigenvalue weighted by Crippen LogP contribution is 2.41. The van der Waals surface area contributed by atoms with E-state index in [1.165, 1.54) is 19.2 Å². The molecule has 0 aliphatic carbocycles. The highest BCUT2D eigenvalue weighted by Gasteiger charge is 2.30. The van der Waals surface area contributed by atoms with Crippen LogP contribution >= 0.6 is 0 Å². The second-order valence-corrected chi connectivity index (χ2v) is 11.0. The van der Waals surface area contributed by atoms with Crippen molar-refractivity contribution in [2.24, 2.45) is 0 Å². The molecule has 0 bridgehead atoms. The Labute approximate surface area is 223 Å². The van der Waals surface area contributed by atoms with Crippen LogP contribution in [0.3, 0.4) is 0 Å². The van der Waals surface area contributed by atoms with Crippen LogP contribution in [-0.2, 0) is 14.8 Å². The van der Waals surface area contributed by atoms with Crippen molar-refractivity contribution in [2.45, 2.75) is 18.0 Å². The van der Waals surface area contributed by atoms with Crippen LogP contribution in [0.15, 0.2) is 71.6 Å². The van der Waals surface area contributed by atoms with Gasteiger partial charge in [-0.1, -0.05) is 30.3 Å². The zero-order chi connectivity index (χ0) is 27.4. The number of ether oxygens (including phenoxy) is 1. The van der Waals surface area contributed by atoms with Gasteiger partial charge >= 0.3 is 5.97 Å². The molecular formula is C28H32N4O5S. The van der Waals surface area contributed by atoms with Gasteiger partial charge in [0.25, 0.3) is 0 Å². The molecule has 10 heteroatoms. The molecule has 38 heavy (non-hydrogen) atoms. The van der Waals surface area contributed by atoms with E-state index in [2.05, 4.69) is 15.4 Å². The zero-order valence-corrected chi connectivity index (χ0v) is 22.6. The maximum atomic E-state index is 12.7. The first-order valence-corrected chi connectivity index (χ1v) is 13.6. The lowest BCUT2D eigenvalue weighted by Gasteiger charge is -2.18. The van der Waals surface area contributed by atoms with Gasteiger partial charge in [0.15, 0.2) is 6.23 Å².